The number of nitrogens with one attached hydrogen (secondary N) is 1. The number of hydrogen-bond donors (Lipinski definition) is 1. The van der Waals surface area contributed by atoms with Gasteiger partial charge in [-0.3, -0.25) is 14.5 Å². The van der Waals surface area contributed by atoms with Gasteiger partial charge in [-0.1, -0.05) is 0 Å². The van der Waals surface area contributed by atoms with E-state index in [1.165, 1.54) is 16.2 Å². The van der Waals surface area contributed by atoms with Crippen LogP contribution in [0.2, 0.25) is 0 Å². The summed E-state index contributed by atoms with van der Waals surface area (Å²) in [6.07, 6.45) is 0.197. The minimum absolute atomic E-state index is 0.0516. The summed E-state index contributed by atoms with van der Waals surface area (Å²) in [5, 5.41) is 5.19. The first-order valence-corrected chi connectivity index (χ1v) is 9.35. The molecule has 3 heterocycles. The van der Waals surface area contributed by atoms with E-state index in [2.05, 4.69) is 10.3 Å². The fraction of sp³-hybridized carbons (Fsp3) is 0.444. The van der Waals surface area contributed by atoms with Crippen LogP contribution in [-0.4, -0.2) is 46.7 Å². The van der Waals surface area contributed by atoms with E-state index in [0.717, 1.165) is 4.90 Å². The summed E-state index contributed by atoms with van der Waals surface area (Å²) in [5.74, 6) is 0.877. The maximum absolute atomic E-state index is 13.0. The molecule has 0 bridgehead atoms. The van der Waals surface area contributed by atoms with Crippen molar-refractivity contribution in [1.29, 1.82) is 0 Å². The van der Waals surface area contributed by atoms with Gasteiger partial charge in [0.15, 0.2) is 0 Å². The van der Waals surface area contributed by atoms with Gasteiger partial charge in [-0.2, -0.15) is 0 Å². The van der Waals surface area contributed by atoms with Crippen molar-refractivity contribution in [3.05, 3.63) is 39.2 Å². The molecule has 0 spiro atoms. The number of aryl methyl sites for hydroxylation is 2. The highest BCUT2D eigenvalue weighted by molar-refractivity contribution is 7.09. The van der Waals surface area contributed by atoms with Crippen LogP contribution in [0.3, 0.4) is 0 Å². The molecule has 0 aromatic carbocycles. The Kier molecular flexibility index (Phi) is 4.81. The second kappa shape index (κ2) is 6.80. The lowest BCUT2D eigenvalue weighted by Crippen LogP contribution is -2.41. The highest BCUT2D eigenvalue weighted by Crippen LogP contribution is 2.33. The lowest BCUT2D eigenvalue weighted by molar-refractivity contribution is -0.131. The summed E-state index contributed by atoms with van der Waals surface area (Å²) < 4.78 is 5.52. The zero-order valence-corrected chi connectivity index (χ0v) is 16.8. The van der Waals surface area contributed by atoms with E-state index in [4.69, 9.17) is 4.42 Å². The van der Waals surface area contributed by atoms with Gasteiger partial charge in [0.25, 0.3) is 5.91 Å². The minimum Gasteiger partial charge on any atom is -0.466 e. The second-order valence-electron chi connectivity index (χ2n) is 6.97. The smallest absolute Gasteiger partial charge is 0.325 e. The number of nitrogens with zero attached hydrogens (tertiary/aromatic N) is 3. The summed E-state index contributed by atoms with van der Waals surface area (Å²) in [6.45, 7) is 5.30. The van der Waals surface area contributed by atoms with Crippen LogP contribution in [0.1, 0.15) is 34.7 Å². The molecule has 0 aliphatic carbocycles. The van der Waals surface area contributed by atoms with Crippen LogP contribution in [0.5, 0.6) is 0 Å². The van der Waals surface area contributed by atoms with Gasteiger partial charge < -0.3 is 14.6 Å². The molecule has 2 aromatic rings. The summed E-state index contributed by atoms with van der Waals surface area (Å²) >= 11 is 1.34. The topological polar surface area (TPSA) is 95.8 Å². The minimum atomic E-state index is -1.17. The summed E-state index contributed by atoms with van der Waals surface area (Å²) in [6, 6.07) is 1.30. The van der Waals surface area contributed by atoms with Crippen LogP contribution in [0.25, 0.3) is 0 Å². The van der Waals surface area contributed by atoms with Crippen LogP contribution in [-0.2, 0) is 28.1 Å². The Morgan fingerprint density at radius 1 is 1.37 bits per heavy atom. The van der Waals surface area contributed by atoms with Crippen molar-refractivity contribution in [2.75, 3.05) is 14.1 Å². The Morgan fingerprint density at radius 3 is 2.67 bits per heavy atom. The molecule has 1 saturated heterocycles. The first kappa shape index (κ1) is 19.1. The highest BCUT2D eigenvalue weighted by atomic mass is 32.1. The molecule has 27 heavy (non-hydrogen) atoms. The Labute approximate surface area is 161 Å². The van der Waals surface area contributed by atoms with Crippen LogP contribution >= 0.6 is 11.3 Å². The Balaban J connectivity index is 1.78. The Hall–Kier alpha value is -2.68. The van der Waals surface area contributed by atoms with E-state index in [0.29, 0.717) is 27.8 Å². The van der Waals surface area contributed by atoms with E-state index in [1.807, 2.05) is 0 Å². The number of aromatic nitrogens is 1. The standard InChI is InChI=1S/C18H22N4O4S/c1-10-6-13(11(2)26-10)18(3)16(24)22(17(25)20-18)8-12-9-27-14(19-12)7-15(23)21(4)5/h6,9H,7-8H2,1-5H3,(H,20,25). The number of carbonyl (C=O) groups is 3. The number of likely N-dealkylation sites (N-methyl/N-ethyl adjacent to an activating group) is 1. The maximum atomic E-state index is 13.0. The summed E-state index contributed by atoms with van der Waals surface area (Å²) in [5.41, 5.74) is 0.0596. The lowest BCUT2D eigenvalue weighted by Gasteiger charge is -2.21. The van der Waals surface area contributed by atoms with Gasteiger partial charge in [0.1, 0.15) is 22.1 Å². The number of imide groups is 1. The molecule has 1 fully saturated rings. The van der Waals surface area contributed by atoms with Crippen molar-refractivity contribution in [2.45, 2.75) is 39.3 Å². The molecule has 1 atom stereocenters. The van der Waals surface area contributed by atoms with E-state index in [9.17, 15) is 14.4 Å². The summed E-state index contributed by atoms with van der Waals surface area (Å²) in [4.78, 5) is 44.3. The Bertz CT molecular complexity index is 916. The molecule has 8 nitrogen and oxygen atoms in total. The molecule has 0 radical (unpaired) electrons. The molecule has 1 unspecified atom stereocenters. The molecule has 1 aliphatic rings. The SMILES string of the molecule is Cc1cc(C2(C)NC(=O)N(Cc3csc(CC(=O)N(C)C)n3)C2=O)c(C)o1. The molecule has 4 amide bonds. The first-order chi connectivity index (χ1) is 12.6. The van der Waals surface area contributed by atoms with Crippen molar-refractivity contribution in [3.8, 4) is 0 Å². The average Bonchev–Trinajstić information content (AvgIpc) is 3.22. The van der Waals surface area contributed by atoms with Crippen LogP contribution < -0.4 is 5.32 Å². The molecule has 9 heteroatoms. The number of amides is 4. The maximum Gasteiger partial charge on any atom is 0.325 e. The second-order valence-corrected chi connectivity index (χ2v) is 7.91. The van der Waals surface area contributed by atoms with Gasteiger partial charge in [0.2, 0.25) is 5.91 Å². The molecule has 3 rings (SSSR count). The van der Waals surface area contributed by atoms with E-state index in [-0.39, 0.29) is 24.8 Å². The van der Waals surface area contributed by atoms with Gasteiger partial charge in [0.05, 0.1) is 18.7 Å². The number of furan rings is 1. The van der Waals surface area contributed by atoms with Crippen LogP contribution in [0.4, 0.5) is 4.79 Å². The van der Waals surface area contributed by atoms with E-state index >= 15 is 0 Å². The molecule has 144 valence electrons. The number of urea groups is 1. The van der Waals surface area contributed by atoms with Gasteiger partial charge in [-0.25, -0.2) is 9.78 Å². The van der Waals surface area contributed by atoms with Crippen molar-refractivity contribution < 1.29 is 18.8 Å². The third kappa shape index (κ3) is 3.46. The number of rotatable bonds is 5. The molecule has 1 N–H and O–H groups in total. The summed E-state index contributed by atoms with van der Waals surface area (Å²) in [7, 11) is 3.37. The number of carbonyl (C=O) groups excluding carboxylic acids is 3. The van der Waals surface area contributed by atoms with Crippen molar-refractivity contribution in [2.24, 2.45) is 0 Å². The number of hydrogen-bond acceptors (Lipinski definition) is 6. The highest BCUT2D eigenvalue weighted by Gasteiger charge is 2.50. The predicted octanol–water partition coefficient (Wildman–Crippen LogP) is 1.95. The molecule has 1 aliphatic heterocycles. The predicted molar refractivity (Wildman–Crippen MR) is 99.1 cm³/mol. The van der Waals surface area contributed by atoms with Gasteiger partial charge >= 0.3 is 6.03 Å². The fourth-order valence-corrected chi connectivity index (χ4v) is 3.88. The van der Waals surface area contributed by atoms with Crippen LogP contribution in [0.15, 0.2) is 15.9 Å². The van der Waals surface area contributed by atoms with E-state index in [1.54, 1.807) is 46.3 Å². The van der Waals surface area contributed by atoms with Crippen molar-refractivity contribution in [1.82, 2.24) is 20.1 Å². The third-order valence-electron chi connectivity index (χ3n) is 4.58. The molecule has 2 aromatic heterocycles. The van der Waals surface area contributed by atoms with Gasteiger partial charge in [0, 0.05) is 25.0 Å². The van der Waals surface area contributed by atoms with E-state index < -0.39 is 11.6 Å². The lowest BCUT2D eigenvalue weighted by atomic mass is 9.92. The fourth-order valence-electron chi connectivity index (χ4n) is 3.10. The largest absolute Gasteiger partial charge is 0.466 e. The molecular weight excluding hydrogens is 368 g/mol. The zero-order chi connectivity index (χ0) is 19.9. The number of thiazole rings is 1. The first-order valence-electron chi connectivity index (χ1n) is 8.47. The van der Waals surface area contributed by atoms with Gasteiger partial charge in [-0.05, 0) is 26.8 Å². The van der Waals surface area contributed by atoms with Crippen molar-refractivity contribution >= 4 is 29.2 Å². The van der Waals surface area contributed by atoms with Gasteiger partial charge in [-0.15, -0.1) is 11.3 Å². The quantitative estimate of drug-likeness (QED) is 0.788. The molecule has 0 saturated carbocycles. The van der Waals surface area contributed by atoms with Crippen molar-refractivity contribution in [3.63, 3.8) is 0 Å². The van der Waals surface area contributed by atoms with Crippen LogP contribution in [0, 0.1) is 13.8 Å². The third-order valence-corrected chi connectivity index (χ3v) is 5.47. The average molecular weight is 390 g/mol. The monoisotopic (exact) mass is 390 g/mol. The normalized spacial score (nSPS) is 19.5. The molecular formula is C18H22N4O4S. The zero-order valence-electron chi connectivity index (χ0n) is 16.0. The Morgan fingerprint density at radius 2 is 2.07 bits per heavy atom.